The summed E-state index contributed by atoms with van der Waals surface area (Å²) in [4.78, 5) is 23.9. The number of hydrogen-bond donors (Lipinski definition) is 1. The number of thioether (sulfide) groups is 1. The summed E-state index contributed by atoms with van der Waals surface area (Å²) < 4.78 is 33.3. The SMILES string of the molecule is [C-]#[N+]c1ccc(/C(F)=C/c2ccc(F)c([C@]3(C)C[C@](C)(C(=O)OC)SC(N)=N3)c2)nc1. The van der Waals surface area contributed by atoms with Gasteiger partial charge in [-0.1, -0.05) is 23.9 Å². The Balaban J connectivity index is 2.01. The molecule has 0 aliphatic carbocycles. The van der Waals surface area contributed by atoms with Crippen molar-refractivity contribution in [2.75, 3.05) is 7.11 Å². The molecule has 2 N–H and O–H groups in total. The van der Waals surface area contributed by atoms with Crippen LogP contribution in [0, 0.1) is 12.4 Å². The van der Waals surface area contributed by atoms with E-state index in [0.29, 0.717) is 11.3 Å². The standard InChI is InChI=1S/C22H20F2N4O2S/c1-21(12-22(2,19(29)30-4)31-20(25)28-21)15-9-13(5-7-16(15)23)10-17(24)18-8-6-14(26-3)11-27-18/h5-11H,12H2,1-2,4H3,(H2,25,28)/b17-10-/t21-,22+/m0/s1. The number of halogens is 2. The highest BCUT2D eigenvalue weighted by Crippen LogP contribution is 2.46. The van der Waals surface area contributed by atoms with Gasteiger partial charge >= 0.3 is 5.97 Å². The second-order valence-corrected chi connectivity index (χ2v) is 8.99. The van der Waals surface area contributed by atoms with Crippen molar-refractivity contribution in [2.24, 2.45) is 10.7 Å². The van der Waals surface area contributed by atoms with Gasteiger partial charge in [-0.15, -0.1) is 0 Å². The topological polar surface area (TPSA) is 81.9 Å². The molecule has 6 nitrogen and oxygen atoms in total. The van der Waals surface area contributed by atoms with Crippen LogP contribution in [0.15, 0.2) is 41.5 Å². The molecule has 0 amide bonds. The maximum atomic E-state index is 14.8. The minimum absolute atomic E-state index is 0.0547. The van der Waals surface area contributed by atoms with Crippen LogP contribution < -0.4 is 5.73 Å². The third-order valence-corrected chi connectivity index (χ3v) is 6.03. The molecule has 31 heavy (non-hydrogen) atoms. The smallest absolute Gasteiger partial charge is 0.322 e. The van der Waals surface area contributed by atoms with E-state index < -0.39 is 27.9 Å². The molecule has 9 heteroatoms. The lowest BCUT2D eigenvalue weighted by atomic mass is 9.82. The van der Waals surface area contributed by atoms with E-state index >= 15 is 0 Å². The summed E-state index contributed by atoms with van der Waals surface area (Å²) in [6, 6.07) is 6.99. The molecule has 0 unspecified atom stereocenters. The summed E-state index contributed by atoms with van der Waals surface area (Å²) in [5.74, 6) is -1.67. The van der Waals surface area contributed by atoms with Crippen LogP contribution in [0.1, 0.15) is 37.1 Å². The van der Waals surface area contributed by atoms with Crippen LogP contribution in [0.25, 0.3) is 16.7 Å². The lowest BCUT2D eigenvalue weighted by Crippen LogP contribution is -2.46. The van der Waals surface area contributed by atoms with Gasteiger partial charge in [0.15, 0.2) is 5.17 Å². The number of amidine groups is 1. The molecule has 1 aromatic heterocycles. The van der Waals surface area contributed by atoms with Gasteiger partial charge in [0.1, 0.15) is 16.4 Å². The molecule has 0 radical (unpaired) electrons. The van der Waals surface area contributed by atoms with Crippen molar-refractivity contribution in [1.29, 1.82) is 0 Å². The van der Waals surface area contributed by atoms with Gasteiger partial charge in [0.2, 0.25) is 5.69 Å². The molecular formula is C22H20F2N4O2S. The zero-order valence-corrected chi connectivity index (χ0v) is 18.0. The number of ether oxygens (including phenoxy) is 1. The quantitative estimate of drug-likeness (QED) is 0.541. The van der Waals surface area contributed by atoms with E-state index in [0.717, 1.165) is 11.8 Å². The largest absolute Gasteiger partial charge is 0.468 e. The third kappa shape index (κ3) is 4.59. The van der Waals surface area contributed by atoms with Gasteiger partial charge in [-0.2, -0.15) is 0 Å². The summed E-state index contributed by atoms with van der Waals surface area (Å²) in [7, 11) is 1.28. The Bertz CT molecular complexity index is 1130. The molecule has 0 fully saturated rings. The molecule has 0 saturated carbocycles. The Kier molecular flexibility index (Phi) is 6.13. The van der Waals surface area contributed by atoms with Gasteiger partial charge in [-0.25, -0.2) is 13.6 Å². The lowest BCUT2D eigenvalue weighted by Gasteiger charge is -2.39. The second kappa shape index (κ2) is 8.47. The zero-order chi connectivity index (χ0) is 22.8. The first-order valence-corrected chi connectivity index (χ1v) is 10.1. The number of nitrogens with two attached hydrogens (primary N) is 1. The molecule has 2 heterocycles. The van der Waals surface area contributed by atoms with Crippen LogP contribution in [-0.2, 0) is 15.1 Å². The Morgan fingerprint density at radius 1 is 1.35 bits per heavy atom. The van der Waals surface area contributed by atoms with Crippen LogP contribution in [-0.4, -0.2) is 28.0 Å². The van der Waals surface area contributed by atoms with Crippen molar-refractivity contribution in [3.05, 3.63) is 70.6 Å². The number of rotatable bonds is 4. The third-order valence-electron chi connectivity index (χ3n) is 4.97. The first kappa shape index (κ1) is 22.4. The minimum atomic E-state index is -1.15. The number of carbonyl (C=O) groups is 1. The number of hydrogen-bond acceptors (Lipinski definition) is 6. The molecule has 2 aromatic rings. The van der Waals surface area contributed by atoms with Crippen LogP contribution in [0.3, 0.4) is 0 Å². The molecule has 0 bridgehead atoms. The Hall–Kier alpha value is -3.25. The molecule has 1 aliphatic heterocycles. The lowest BCUT2D eigenvalue weighted by molar-refractivity contribution is -0.143. The van der Waals surface area contributed by atoms with E-state index in [1.165, 1.54) is 49.7 Å². The fourth-order valence-electron chi connectivity index (χ4n) is 3.57. The fourth-order valence-corrected chi connectivity index (χ4v) is 4.80. The summed E-state index contributed by atoms with van der Waals surface area (Å²) in [6.45, 7) is 10.3. The van der Waals surface area contributed by atoms with Crippen molar-refractivity contribution in [3.8, 4) is 0 Å². The molecular weight excluding hydrogens is 422 g/mol. The predicted octanol–water partition coefficient (Wildman–Crippen LogP) is 4.84. The van der Waals surface area contributed by atoms with E-state index in [4.69, 9.17) is 17.0 Å². The molecule has 1 aromatic carbocycles. The van der Waals surface area contributed by atoms with Gasteiger partial charge in [0.25, 0.3) is 0 Å². The maximum absolute atomic E-state index is 14.8. The average Bonchev–Trinajstić information content (AvgIpc) is 2.73. The van der Waals surface area contributed by atoms with Crippen molar-refractivity contribution >= 4 is 40.5 Å². The van der Waals surface area contributed by atoms with Crippen LogP contribution in [0.4, 0.5) is 14.5 Å². The van der Waals surface area contributed by atoms with Crippen molar-refractivity contribution in [2.45, 2.75) is 30.6 Å². The summed E-state index contributed by atoms with van der Waals surface area (Å²) >= 11 is 1.07. The van der Waals surface area contributed by atoms with Crippen molar-refractivity contribution < 1.29 is 18.3 Å². The summed E-state index contributed by atoms with van der Waals surface area (Å²) in [6.07, 6.45) is 2.64. The number of benzene rings is 1. The number of nitrogens with zero attached hydrogens (tertiary/aromatic N) is 3. The Morgan fingerprint density at radius 2 is 2.10 bits per heavy atom. The van der Waals surface area contributed by atoms with Crippen molar-refractivity contribution in [1.82, 2.24) is 4.98 Å². The second-order valence-electron chi connectivity index (χ2n) is 7.47. The highest BCUT2D eigenvalue weighted by atomic mass is 32.2. The monoisotopic (exact) mass is 442 g/mol. The average molecular weight is 442 g/mol. The first-order chi connectivity index (χ1) is 14.6. The number of carbonyl (C=O) groups excluding carboxylic acids is 1. The van der Waals surface area contributed by atoms with Crippen LogP contribution in [0.2, 0.25) is 0 Å². The number of pyridine rings is 1. The van der Waals surface area contributed by atoms with Gasteiger partial charge < -0.3 is 10.5 Å². The molecule has 1 aliphatic rings. The van der Waals surface area contributed by atoms with Crippen LogP contribution in [0.5, 0.6) is 0 Å². The molecule has 0 saturated heterocycles. The maximum Gasteiger partial charge on any atom is 0.322 e. The van der Waals surface area contributed by atoms with Crippen LogP contribution >= 0.6 is 11.8 Å². The number of esters is 1. The molecule has 3 rings (SSSR count). The summed E-state index contributed by atoms with van der Waals surface area (Å²) in [5, 5.41) is 0.136. The first-order valence-electron chi connectivity index (χ1n) is 9.24. The fraction of sp³-hybridized carbons (Fsp3) is 0.273. The normalized spacial score (nSPS) is 23.6. The van der Waals surface area contributed by atoms with E-state index in [-0.39, 0.29) is 22.8 Å². The predicted molar refractivity (Wildman–Crippen MR) is 117 cm³/mol. The highest BCUT2D eigenvalue weighted by Gasteiger charge is 2.48. The van der Waals surface area contributed by atoms with Gasteiger partial charge in [0, 0.05) is 18.2 Å². The van der Waals surface area contributed by atoms with Gasteiger partial charge in [-0.3, -0.25) is 14.8 Å². The Labute approximate surface area is 183 Å². The van der Waals surface area contributed by atoms with Crippen molar-refractivity contribution in [3.63, 3.8) is 0 Å². The molecule has 2 atom stereocenters. The number of methoxy groups -OCH3 is 1. The zero-order valence-electron chi connectivity index (χ0n) is 17.1. The van der Waals surface area contributed by atoms with E-state index in [9.17, 15) is 13.6 Å². The minimum Gasteiger partial charge on any atom is -0.468 e. The van der Waals surface area contributed by atoms with Gasteiger partial charge in [-0.05, 0) is 43.7 Å². The number of aromatic nitrogens is 1. The molecule has 0 spiro atoms. The summed E-state index contributed by atoms with van der Waals surface area (Å²) in [5.41, 5.74) is 5.74. The van der Waals surface area contributed by atoms with E-state index in [1.54, 1.807) is 13.8 Å². The van der Waals surface area contributed by atoms with E-state index in [2.05, 4.69) is 14.8 Å². The highest BCUT2D eigenvalue weighted by molar-refractivity contribution is 8.15. The Morgan fingerprint density at radius 3 is 2.71 bits per heavy atom. The van der Waals surface area contributed by atoms with E-state index in [1.807, 2.05) is 0 Å². The van der Waals surface area contributed by atoms with Gasteiger partial charge in [0.05, 0.1) is 24.9 Å². The number of aliphatic imine (C=N–C) groups is 1. The molecule has 160 valence electrons.